The van der Waals surface area contributed by atoms with Gasteiger partial charge in [-0.3, -0.25) is 0 Å². The lowest BCUT2D eigenvalue weighted by Gasteiger charge is -2.03. The highest BCUT2D eigenvalue weighted by atomic mass is 32.2. The summed E-state index contributed by atoms with van der Waals surface area (Å²) in [6.07, 6.45) is 1.73. The van der Waals surface area contributed by atoms with Crippen LogP contribution in [0.4, 0.5) is 0 Å². The van der Waals surface area contributed by atoms with Crippen molar-refractivity contribution in [2.24, 2.45) is 0 Å². The van der Waals surface area contributed by atoms with Crippen molar-refractivity contribution >= 4 is 21.2 Å². The normalized spacial score (nSPS) is 11.8. The van der Waals surface area contributed by atoms with E-state index in [9.17, 15) is 8.42 Å². The quantitative estimate of drug-likeness (QED) is 0.725. The molecule has 0 unspecified atom stereocenters. The first-order chi connectivity index (χ1) is 7.64. The fourth-order valence-electron chi connectivity index (χ4n) is 1.35. The summed E-state index contributed by atoms with van der Waals surface area (Å²) in [5.41, 5.74) is 0. The summed E-state index contributed by atoms with van der Waals surface area (Å²) in [5, 5.41) is 5.34. The molecule has 1 heterocycles. The predicted molar refractivity (Wildman–Crippen MR) is 69.8 cm³/mol. The van der Waals surface area contributed by atoms with E-state index in [-0.39, 0.29) is 5.75 Å². The van der Waals surface area contributed by atoms with Crippen LogP contribution in [0, 0.1) is 0 Å². The van der Waals surface area contributed by atoms with E-state index >= 15 is 0 Å². The highest BCUT2D eigenvalue weighted by Gasteiger charge is 2.05. The minimum Gasteiger partial charge on any atom is -0.316 e. The molecular formula is C11H19NO2S2. The van der Waals surface area contributed by atoms with Gasteiger partial charge in [-0.05, 0) is 37.4 Å². The van der Waals surface area contributed by atoms with Gasteiger partial charge in [0.1, 0.15) is 9.84 Å². The van der Waals surface area contributed by atoms with Crippen LogP contribution in [-0.2, 0) is 16.3 Å². The SMILES string of the molecule is CCS(=O)(=O)CCCNCCc1cccs1. The van der Waals surface area contributed by atoms with Crippen molar-refractivity contribution in [2.45, 2.75) is 19.8 Å². The summed E-state index contributed by atoms with van der Waals surface area (Å²) in [6.45, 7) is 3.40. The van der Waals surface area contributed by atoms with Gasteiger partial charge in [-0.2, -0.15) is 0 Å². The molecule has 0 aliphatic rings. The van der Waals surface area contributed by atoms with E-state index in [2.05, 4.69) is 16.8 Å². The fourth-order valence-corrected chi connectivity index (χ4v) is 2.93. The third kappa shape index (κ3) is 5.63. The largest absolute Gasteiger partial charge is 0.316 e. The van der Waals surface area contributed by atoms with Crippen LogP contribution in [0.3, 0.4) is 0 Å². The van der Waals surface area contributed by atoms with Crippen molar-refractivity contribution in [3.05, 3.63) is 22.4 Å². The van der Waals surface area contributed by atoms with E-state index in [1.54, 1.807) is 18.3 Å². The monoisotopic (exact) mass is 261 g/mol. The van der Waals surface area contributed by atoms with Gasteiger partial charge in [0.2, 0.25) is 0 Å². The summed E-state index contributed by atoms with van der Waals surface area (Å²) in [4.78, 5) is 1.37. The van der Waals surface area contributed by atoms with Gasteiger partial charge >= 0.3 is 0 Å². The van der Waals surface area contributed by atoms with Crippen LogP contribution in [0.2, 0.25) is 0 Å². The first-order valence-electron chi connectivity index (χ1n) is 5.57. The van der Waals surface area contributed by atoms with E-state index in [1.165, 1.54) is 4.88 Å². The van der Waals surface area contributed by atoms with Crippen molar-refractivity contribution in [2.75, 3.05) is 24.6 Å². The van der Waals surface area contributed by atoms with E-state index in [0.29, 0.717) is 12.2 Å². The van der Waals surface area contributed by atoms with Crippen LogP contribution in [0.1, 0.15) is 18.2 Å². The van der Waals surface area contributed by atoms with Gasteiger partial charge in [0, 0.05) is 10.6 Å². The number of thiophene rings is 1. The molecule has 0 radical (unpaired) electrons. The molecule has 0 bridgehead atoms. The van der Waals surface area contributed by atoms with E-state index in [4.69, 9.17) is 0 Å². The van der Waals surface area contributed by atoms with Gasteiger partial charge < -0.3 is 5.32 Å². The highest BCUT2D eigenvalue weighted by molar-refractivity contribution is 7.91. The second-order valence-corrected chi connectivity index (χ2v) is 7.17. The molecule has 92 valence electrons. The zero-order valence-corrected chi connectivity index (χ0v) is 11.2. The molecule has 0 saturated heterocycles. The maximum Gasteiger partial charge on any atom is 0.150 e. The molecule has 0 atom stereocenters. The van der Waals surface area contributed by atoms with E-state index < -0.39 is 9.84 Å². The van der Waals surface area contributed by atoms with Crippen LogP contribution >= 0.6 is 11.3 Å². The standard InChI is InChI=1S/C11H19NO2S2/c1-2-16(13,14)10-4-7-12-8-6-11-5-3-9-15-11/h3,5,9,12H,2,4,6-8,10H2,1H3. The van der Waals surface area contributed by atoms with Gasteiger partial charge in [0.15, 0.2) is 0 Å². The lowest BCUT2D eigenvalue weighted by Crippen LogP contribution is -2.21. The molecule has 1 aromatic heterocycles. The Balaban J connectivity index is 2.01. The van der Waals surface area contributed by atoms with Gasteiger partial charge in [0.05, 0.1) is 5.75 Å². The smallest absolute Gasteiger partial charge is 0.150 e. The molecule has 3 nitrogen and oxygen atoms in total. The zero-order chi connectivity index (χ0) is 11.9. The maximum absolute atomic E-state index is 11.2. The third-order valence-corrected chi connectivity index (χ3v) is 5.10. The summed E-state index contributed by atoms with van der Waals surface area (Å²) in [5.74, 6) is 0.553. The Labute approximate surface area is 102 Å². The first kappa shape index (κ1) is 13.7. The Morgan fingerprint density at radius 2 is 2.19 bits per heavy atom. The fraction of sp³-hybridized carbons (Fsp3) is 0.636. The van der Waals surface area contributed by atoms with Crippen LogP contribution in [0.5, 0.6) is 0 Å². The summed E-state index contributed by atoms with van der Waals surface area (Å²) < 4.78 is 22.4. The molecule has 16 heavy (non-hydrogen) atoms. The molecule has 0 aliphatic carbocycles. The third-order valence-electron chi connectivity index (χ3n) is 2.38. The Kier molecular flexibility index (Phi) is 6.01. The molecule has 5 heteroatoms. The number of nitrogens with one attached hydrogen (secondary N) is 1. The van der Waals surface area contributed by atoms with Crippen LogP contribution in [-0.4, -0.2) is 33.0 Å². The van der Waals surface area contributed by atoms with Gasteiger partial charge in [-0.1, -0.05) is 13.0 Å². The Morgan fingerprint density at radius 1 is 1.38 bits per heavy atom. The number of hydrogen-bond acceptors (Lipinski definition) is 4. The summed E-state index contributed by atoms with van der Waals surface area (Å²) in [7, 11) is -2.79. The lowest BCUT2D eigenvalue weighted by molar-refractivity contribution is 0.590. The summed E-state index contributed by atoms with van der Waals surface area (Å²) in [6, 6.07) is 4.17. The van der Waals surface area contributed by atoms with Crippen molar-refractivity contribution in [3.63, 3.8) is 0 Å². The van der Waals surface area contributed by atoms with Crippen molar-refractivity contribution in [3.8, 4) is 0 Å². The van der Waals surface area contributed by atoms with Gasteiger partial charge in [-0.25, -0.2) is 8.42 Å². The molecule has 0 aliphatic heterocycles. The van der Waals surface area contributed by atoms with E-state index in [1.807, 2.05) is 6.07 Å². The van der Waals surface area contributed by atoms with Crippen molar-refractivity contribution in [1.29, 1.82) is 0 Å². The number of sulfone groups is 1. The number of hydrogen-bond donors (Lipinski definition) is 1. The Morgan fingerprint density at radius 3 is 2.81 bits per heavy atom. The molecule has 1 rings (SSSR count). The predicted octanol–water partition coefficient (Wildman–Crippen LogP) is 1.70. The minimum atomic E-state index is -2.79. The molecule has 1 N–H and O–H groups in total. The summed E-state index contributed by atoms with van der Waals surface area (Å²) >= 11 is 1.76. The van der Waals surface area contributed by atoms with Crippen LogP contribution in [0.25, 0.3) is 0 Å². The topological polar surface area (TPSA) is 46.2 Å². The van der Waals surface area contributed by atoms with E-state index in [0.717, 1.165) is 19.5 Å². The molecule has 0 amide bonds. The van der Waals surface area contributed by atoms with Crippen molar-refractivity contribution in [1.82, 2.24) is 5.32 Å². The molecule has 0 saturated carbocycles. The Hall–Kier alpha value is -0.390. The zero-order valence-electron chi connectivity index (χ0n) is 9.61. The van der Waals surface area contributed by atoms with Crippen molar-refractivity contribution < 1.29 is 8.42 Å². The van der Waals surface area contributed by atoms with Crippen LogP contribution in [0.15, 0.2) is 17.5 Å². The molecule has 0 fully saturated rings. The Bertz CT molecular complexity index is 371. The average molecular weight is 261 g/mol. The highest BCUT2D eigenvalue weighted by Crippen LogP contribution is 2.07. The molecule has 0 aromatic carbocycles. The first-order valence-corrected chi connectivity index (χ1v) is 8.27. The van der Waals surface area contributed by atoms with Gasteiger partial charge in [-0.15, -0.1) is 11.3 Å². The molecular weight excluding hydrogens is 242 g/mol. The minimum absolute atomic E-state index is 0.252. The number of rotatable bonds is 8. The van der Waals surface area contributed by atoms with Crippen LogP contribution < -0.4 is 5.32 Å². The second kappa shape index (κ2) is 7.04. The van der Waals surface area contributed by atoms with Gasteiger partial charge in [0.25, 0.3) is 0 Å². The maximum atomic E-state index is 11.2. The average Bonchev–Trinajstić information content (AvgIpc) is 2.76. The molecule has 1 aromatic rings. The lowest BCUT2D eigenvalue weighted by atomic mass is 10.3. The second-order valence-electron chi connectivity index (χ2n) is 3.67. The molecule has 0 spiro atoms.